The molecule has 4 N–H and O–H groups in total. The minimum absolute atomic E-state index is 0.255. The smallest absolute Gasteiger partial charge is 0.0298 e. The van der Waals surface area contributed by atoms with E-state index in [-0.39, 0.29) is 6.04 Å². The van der Waals surface area contributed by atoms with Crippen LogP contribution in [0, 0.1) is 0 Å². The number of rotatable bonds is 0. The van der Waals surface area contributed by atoms with Crippen molar-refractivity contribution in [2.24, 2.45) is 11.5 Å². The lowest BCUT2D eigenvalue weighted by Gasteiger charge is -2.16. The Labute approximate surface area is 36.8 Å². The first-order valence-corrected chi connectivity index (χ1v) is 2.01. The van der Waals surface area contributed by atoms with Gasteiger partial charge in [-0.1, -0.05) is 0 Å². The van der Waals surface area contributed by atoms with Gasteiger partial charge >= 0.3 is 0 Å². The van der Waals surface area contributed by atoms with Gasteiger partial charge in [-0.2, -0.15) is 0 Å². The van der Waals surface area contributed by atoms with Crippen molar-refractivity contribution in [2.45, 2.75) is 12.5 Å². The quantitative estimate of drug-likeness (QED) is 0.418. The topological polar surface area (TPSA) is 52.0 Å². The third-order valence-corrected chi connectivity index (χ3v) is 0.900. The van der Waals surface area contributed by atoms with Gasteiger partial charge in [0.1, 0.15) is 0 Å². The van der Waals surface area contributed by atoms with E-state index < -0.39 is 0 Å². The molecule has 0 fully saturated rings. The average molecular weight is 84.1 g/mol. The third kappa shape index (κ3) is 0.389. The molecule has 0 heterocycles. The van der Waals surface area contributed by atoms with Crippen molar-refractivity contribution in [3.63, 3.8) is 0 Å². The van der Waals surface area contributed by atoms with E-state index in [1.807, 2.05) is 6.08 Å². The third-order valence-electron chi connectivity index (χ3n) is 0.900. The van der Waals surface area contributed by atoms with Gasteiger partial charge < -0.3 is 11.5 Å². The molecule has 0 aromatic rings. The van der Waals surface area contributed by atoms with Crippen LogP contribution >= 0.6 is 0 Å². The van der Waals surface area contributed by atoms with Gasteiger partial charge in [-0.25, -0.2) is 0 Å². The van der Waals surface area contributed by atoms with Gasteiger partial charge in [0, 0.05) is 18.2 Å². The van der Waals surface area contributed by atoms with Gasteiger partial charge in [-0.15, -0.1) is 0 Å². The Balaban J connectivity index is 2.46. The lowest BCUT2D eigenvalue weighted by atomic mass is 10.0. The van der Waals surface area contributed by atoms with Gasteiger partial charge in [-0.05, 0) is 6.08 Å². The molecular formula is C4H8N2. The van der Waals surface area contributed by atoms with Crippen LogP contribution in [0.2, 0.25) is 0 Å². The lowest BCUT2D eigenvalue weighted by Crippen LogP contribution is -2.29. The van der Waals surface area contributed by atoms with Crippen molar-refractivity contribution in [1.29, 1.82) is 0 Å². The van der Waals surface area contributed by atoms with E-state index in [0.29, 0.717) is 0 Å². The molecule has 1 aliphatic rings. The molecule has 1 aliphatic carbocycles. The minimum Gasteiger partial charge on any atom is -0.402 e. The molecule has 6 heavy (non-hydrogen) atoms. The Kier molecular flexibility index (Phi) is 0.601. The molecule has 0 aromatic carbocycles. The average Bonchev–Trinajstić information content (AvgIpc) is 1.33. The summed E-state index contributed by atoms with van der Waals surface area (Å²) in [5.74, 6) is 0. The molecule has 0 aliphatic heterocycles. The highest BCUT2D eigenvalue weighted by Gasteiger charge is 2.09. The maximum atomic E-state index is 5.31. The number of nitrogens with two attached hydrogens (primary N) is 2. The lowest BCUT2D eigenvalue weighted by molar-refractivity contribution is 0.712. The second kappa shape index (κ2) is 0.980. The molecule has 34 valence electrons. The summed E-state index contributed by atoms with van der Waals surface area (Å²) in [6.07, 6.45) is 2.75. The zero-order valence-electron chi connectivity index (χ0n) is 3.52. The molecule has 0 bridgehead atoms. The Hall–Kier alpha value is -0.500. The van der Waals surface area contributed by atoms with Gasteiger partial charge in [0.25, 0.3) is 0 Å². The molecule has 1 rings (SSSR count). The van der Waals surface area contributed by atoms with Crippen LogP contribution in [0.25, 0.3) is 0 Å². The fraction of sp³-hybridized carbons (Fsp3) is 0.500. The molecule has 0 aromatic heterocycles. The standard InChI is InChI=1S/C4H8N2/c5-3-1-4(6)2-3/h1,3H,2,5-6H2. The molecule has 1 atom stereocenters. The molecule has 0 saturated carbocycles. The van der Waals surface area contributed by atoms with Crippen molar-refractivity contribution in [3.8, 4) is 0 Å². The van der Waals surface area contributed by atoms with Crippen molar-refractivity contribution in [2.75, 3.05) is 0 Å². The molecule has 2 heteroatoms. The maximum Gasteiger partial charge on any atom is 0.0298 e. The van der Waals surface area contributed by atoms with Crippen LogP contribution in [-0.2, 0) is 0 Å². The van der Waals surface area contributed by atoms with Crippen molar-refractivity contribution >= 4 is 0 Å². The van der Waals surface area contributed by atoms with E-state index >= 15 is 0 Å². The van der Waals surface area contributed by atoms with E-state index in [1.165, 1.54) is 0 Å². The van der Waals surface area contributed by atoms with Crippen LogP contribution in [0.3, 0.4) is 0 Å². The number of hydrogen-bond donors (Lipinski definition) is 2. The van der Waals surface area contributed by atoms with E-state index in [0.717, 1.165) is 12.1 Å². The normalized spacial score (nSPS) is 31.5. The first kappa shape index (κ1) is 3.68. The van der Waals surface area contributed by atoms with Gasteiger partial charge in [0.15, 0.2) is 0 Å². The summed E-state index contributed by atoms with van der Waals surface area (Å²) in [6.45, 7) is 0. The summed E-state index contributed by atoms with van der Waals surface area (Å²) >= 11 is 0. The van der Waals surface area contributed by atoms with Crippen LogP contribution in [0.15, 0.2) is 11.8 Å². The van der Waals surface area contributed by atoms with Gasteiger partial charge in [0.2, 0.25) is 0 Å². The highest BCUT2D eigenvalue weighted by atomic mass is 14.7. The summed E-state index contributed by atoms with van der Waals surface area (Å²) in [4.78, 5) is 0. The van der Waals surface area contributed by atoms with Gasteiger partial charge in [-0.3, -0.25) is 0 Å². The van der Waals surface area contributed by atoms with Crippen molar-refractivity contribution < 1.29 is 0 Å². The fourth-order valence-electron chi connectivity index (χ4n) is 0.514. The SMILES string of the molecule is NC1=CC(N)C1. The Morgan fingerprint density at radius 2 is 2.33 bits per heavy atom. The van der Waals surface area contributed by atoms with Crippen LogP contribution in [0.1, 0.15) is 6.42 Å². The second-order valence-corrected chi connectivity index (χ2v) is 1.61. The van der Waals surface area contributed by atoms with Gasteiger partial charge in [0.05, 0.1) is 0 Å². The first-order valence-electron chi connectivity index (χ1n) is 2.01. The van der Waals surface area contributed by atoms with E-state index in [4.69, 9.17) is 11.5 Å². The van der Waals surface area contributed by atoms with E-state index in [2.05, 4.69) is 0 Å². The monoisotopic (exact) mass is 84.1 g/mol. The summed E-state index contributed by atoms with van der Waals surface area (Å²) < 4.78 is 0. The van der Waals surface area contributed by atoms with Crippen molar-refractivity contribution in [1.82, 2.24) is 0 Å². The van der Waals surface area contributed by atoms with E-state index in [1.54, 1.807) is 0 Å². The second-order valence-electron chi connectivity index (χ2n) is 1.61. The maximum absolute atomic E-state index is 5.31. The summed E-state index contributed by atoms with van der Waals surface area (Å²) in [5, 5.41) is 0. The molecule has 0 amide bonds. The summed E-state index contributed by atoms with van der Waals surface area (Å²) in [6, 6.07) is 0.255. The fourth-order valence-corrected chi connectivity index (χ4v) is 0.514. The highest BCUT2D eigenvalue weighted by molar-refractivity contribution is 5.15. The molecular weight excluding hydrogens is 76.1 g/mol. The Bertz CT molecular complexity index is 85.5. The van der Waals surface area contributed by atoms with Crippen LogP contribution in [-0.4, -0.2) is 6.04 Å². The first-order chi connectivity index (χ1) is 2.79. The summed E-state index contributed by atoms with van der Waals surface area (Å²) in [5.41, 5.74) is 11.5. The van der Waals surface area contributed by atoms with Crippen molar-refractivity contribution in [3.05, 3.63) is 11.8 Å². The molecule has 0 saturated heterocycles. The predicted octanol–water partition coefficient (Wildman–Crippen LogP) is -0.440. The van der Waals surface area contributed by atoms with Crippen LogP contribution in [0.5, 0.6) is 0 Å². The Morgan fingerprint density at radius 3 is 2.33 bits per heavy atom. The zero-order chi connectivity index (χ0) is 4.57. The largest absolute Gasteiger partial charge is 0.402 e. The van der Waals surface area contributed by atoms with E-state index in [9.17, 15) is 0 Å². The molecule has 0 spiro atoms. The Morgan fingerprint density at radius 1 is 1.83 bits per heavy atom. The molecule has 2 nitrogen and oxygen atoms in total. The molecule has 1 unspecified atom stereocenters. The zero-order valence-corrected chi connectivity index (χ0v) is 3.52. The van der Waals surface area contributed by atoms with Crippen LogP contribution in [0.4, 0.5) is 0 Å². The number of hydrogen-bond acceptors (Lipinski definition) is 2. The molecule has 0 radical (unpaired) electrons. The highest BCUT2D eigenvalue weighted by Crippen LogP contribution is 2.09. The predicted molar refractivity (Wildman–Crippen MR) is 24.9 cm³/mol. The summed E-state index contributed by atoms with van der Waals surface area (Å²) in [7, 11) is 0. The minimum atomic E-state index is 0.255. The van der Waals surface area contributed by atoms with Crippen LogP contribution < -0.4 is 11.5 Å².